The van der Waals surface area contributed by atoms with Crippen molar-refractivity contribution < 1.29 is 18.0 Å². The number of aryl methyl sites for hydroxylation is 1. The Morgan fingerprint density at radius 3 is 2.72 bits per heavy atom. The van der Waals surface area contributed by atoms with Gasteiger partial charge < -0.3 is 10.2 Å². The van der Waals surface area contributed by atoms with E-state index in [0.29, 0.717) is 29.5 Å². The predicted molar refractivity (Wildman–Crippen MR) is 127 cm³/mol. The lowest BCUT2D eigenvalue weighted by Gasteiger charge is -2.26. The number of anilines is 1. The third kappa shape index (κ3) is 4.62. The van der Waals surface area contributed by atoms with Gasteiger partial charge in [0.15, 0.2) is 9.84 Å². The van der Waals surface area contributed by atoms with E-state index >= 15 is 0 Å². The highest BCUT2D eigenvalue weighted by atomic mass is 79.9. The Kier molecular flexibility index (Phi) is 6.72. The molecule has 0 unspecified atom stereocenters. The molecule has 1 heterocycles. The number of rotatable bonds is 6. The number of nitrogens with zero attached hydrogens (tertiary/aromatic N) is 1. The summed E-state index contributed by atoms with van der Waals surface area (Å²) >= 11 is 3.40. The van der Waals surface area contributed by atoms with Gasteiger partial charge in [0.05, 0.1) is 22.4 Å². The van der Waals surface area contributed by atoms with Gasteiger partial charge in [-0.2, -0.15) is 0 Å². The quantitative estimate of drug-likeness (QED) is 0.623. The Bertz CT molecular complexity index is 1160. The molecule has 2 amide bonds. The number of benzene rings is 2. The molecule has 170 valence electrons. The molecule has 1 atom stereocenters. The van der Waals surface area contributed by atoms with E-state index in [1.807, 2.05) is 24.3 Å². The summed E-state index contributed by atoms with van der Waals surface area (Å²) in [6, 6.07) is 11.4. The second kappa shape index (κ2) is 9.35. The van der Waals surface area contributed by atoms with Crippen molar-refractivity contribution in [1.29, 1.82) is 0 Å². The Labute approximate surface area is 197 Å². The van der Waals surface area contributed by atoms with Gasteiger partial charge in [0.2, 0.25) is 11.8 Å². The van der Waals surface area contributed by atoms with Crippen LogP contribution in [0.3, 0.4) is 0 Å². The molecule has 0 saturated heterocycles. The highest BCUT2D eigenvalue weighted by Gasteiger charge is 2.32. The number of carbonyl (C=O) groups excluding carboxylic acids is 2. The third-order valence-electron chi connectivity index (χ3n) is 6.23. The van der Waals surface area contributed by atoms with Gasteiger partial charge in [0.25, 0.3) is 0 Å². The van der Waals surface area contributed by atoms with Crippen molar-refractivity contribution in [2.45, 2.75) is 56.4 Å². The van der Waals surface area contributed by atoms with Crippen LogP contribution in [0.1, 0.15) is 55.3 Å². The number of nitrogens with one attached hydrogen (secondary N) is 1. The van der Waals surface area contributed by atoms with Crippen molar-refractivity contribution in [2.24, 2.45) is 0 Å². The van der Waals surface area contributed by atoms with Crippen LogP contribution in [-0.2, 0) is 32.3 Å². The zero-order valence-electron chi connectivity index (χ0n) is 18.1. The number of fused-ring (bicyclic) bond motifs is 2. The number of carbonyl (C=O) groups is 2. The van der Waals surface area contributed by atoms with Gasteiger partial charge in [-0.15, -0.1) is 0 Å². The lowest BCUT2D eigenvalue weighted by Crippen LogP contribution is -2.32. The molecule has 0 spiro atoms. The van der Waals surface area contributed by atoms with Crippen LogP contribution < -0.4 is 10.2 Å². The zero-order valence-corrected chi connectivity index (χ0v) is 20.5. The minimum Gasteiger partial charge on any atom is -0.349 e. The van der Waals surface area contributed by atoms with E-state index in [0.717, 1.165) is 30.4 Å². The second-order valence-corrected chi connectivity index (χ2v) is 11.3. The fraction of sp³-hybridized carbons (Fsp3) is 0.417. The van der Waals surface area contributed by atoms with Gasteiger partial charge in [-0.3, -0.25) is 9.59 Å². The summed E-state index contributed by atoms with van der Waals surface area (Å²) in [5.41, 5.74) is 3.67. The maximum Gasteiger partial charge on any atom is 0.226 e. The average Bonchev–Trinajstić information content (AvgIpc) is 3.20. The van der Waals surface area contributed by atoms with Crippen molar-refractivity contribution in [1.82, 2.24) is 5.32 Å². The minimum atomic E-state index is -3.76. The van der Waals surface area contributed by atoms with E-state index in [4.69, 9.17) is 0 Å². The van der Waals surface area contributed by atoms with Gasteiger partial charge >= 0.3 is 0 Å². The molecule has 0 radical (unpaired) electrons. The van der Waals surface area contributed by atoms with Crippen molar-refractivity contribution in [3.63, 3.8) is 0 Å². The molecule has 2 aromatic carbocycles. The van der Waals surface area contributed by atoms with Gasteiger partial charge in [-0.05, 0) is 54.5 Å². The fourth-order valence-corrected chi connectivity index (χ4v) is 6.83. The van der Waals surface area contributed by atoms with Crippen LogP contribution in [0.4, 0.5) is 5.69 Å². The number of sulfone groups is 1. The summed E-state index contributed by atoms with van der Waals surface area (Å²) in [4.78, 5) is 26.7. The van der Waals surface area contributed by atoms with E-state index in [-0.39, 0.29) is 34.9 Å². The molecule has 0 bridgehead atoms. The lowest BCUT2D eigenvalue weighted by molar-refractivity contribution is -0.121. The van der Waals surface area contributed by atoms with Gasteiger partial charge in [0.1, 0.15) is 0 Å². The molecule has 2 aliphatic rings. The summed E-state index contributed by atoms with van der Waals surface area (Å²) in [6.45, 7) is 2.24. The van der Waals surface area contributed by atoms with Crippen LogP contribution in [0.5, 0.6) is 0 Å². The summed E-state index contributed by atoms with van der Waals surface area (Å²) in [5, 5.41) is 3.02. The van der Waals surface area contributed by atoms with Gasteiger partial charge in [-0.1, -0.05) is 47.1 Å². The molecule has 8 heteroatoms. The van der Waals surface area contributed by atoms with Crippen molar-refractivity contribution in [3.05, 3.63) is 57.6 Å². The molecule has 1 aliphatic heterocycles. The normalized spacial score (nSPS) is 17.6. The van der Waals surface area contributed by atoms with Gasteiger partial charge in [-0.25, -0.2) is 8.42 Å². The maximum atomic E-state index is 13.3. The van der Waals surface area contributed by atoms with Crippen LogP contribution in [0.2, 0.25) is 0 Å². The number of hydrogen-bond acceptors (Lipinski definition) is 4. The number of halogens is 1. The highest BCUT2D eigenvalue weighted by molar-refractivity contribution is 9.10. The number of hydrogen-bond donors (Lipinski definition) is 1. The monoisotopic (exact) mass is 518 g/mol. The molecule has 6 nitrogen and oxygen atoms in total. The lowest BCUT2D eigenvalue weighted by atomic mass is 9.88. The van der Waals surface area contributed by atoms with E-state index in [2.05, 4.69) is 27.3 Å². The molecule has 2 aromatic rings. The van der Waals surface area contributed by atoms with Crippen LogP contribution in [-0.4, -0.2) is 32.5 Å². The summed E-state index contributed by atoms with van der Waals surface area (Å²) in [5.74, 6) is -0.677. The van der Waals surface area contributed by atoms with Crippen molar-refractivity contribution in [2.75, 3.05) is 17.2 Å². The molecule has 0 fully saturated rings. The van der Waals surface area contributed by atoms with E-state index in [9.17, 15) is 18.0 Å². The SMILES string of the molecule is CCC(=O)N1CCc2cc(Br)cc(S(=O)(=O)CCC(=O)N[C@H]3CCCc4ccccc43)c21. The molecule has 1 aliphatic carbocycles. The van der Waals surface area contributed by atoms with Crippen LogP contribution >= 0.6 is 15.9 Å². The van der Waals surface area contributed by atoms with Gasteiger partial charge in [0, 0.05) is 23.9 Å². The Hall–Kier alpha value is -2.19. The topological polar surface area (TPSA) is 83.6 Å². The first-order valence-corrected chi connectivity index (χ1v) is 13.5. The third-order valence-corrected chi connectivity index (χ3v) is 8.42. The zero-order chi connectivity index (χ0) is 22.9. The number of amides is 2. The maximum absolute atomic E-state index is 13.3. The summed E-state index contributed by atoms with van der Waals surface area (Å²) < 4.78 is 27.2. The molecule has 1 N–H and O–H groups in total. The first-order valence-electron chi connectivity index (χ1n) is 11.0. The second-order valence-electron chi connectivity index (χ2n) is 8.34. The molecule has 32 heavy (non-hydrogen) atoms. The minimum absolute atomic E-state index is 0.0806. The van der Waals surface area contributed by atoms with E-state index in [1.165, 1.54) is 5.56 Å². The molecule has 0 aromatic heterocycles. The van der Waals surface area contributed by atoms with Crippen LogP contribution in [0.15, 0.2) is 45.8 Å². The largest absolute Gasteiger partial charge is 0.349 e. The molecular weight excluding hydrogens is 492 g/mol. The standard InChI is InChI=1S/C24H27BrN2O4S/c1-2-23(29)27-12-10-17-14-18(25)15-21(24(17)27)32(30,31)13-11-22(28)26-20-9-5-7-16-6-3-4-8-19(16)20/h3-4,6,8,14-15,20H,2,5,7,9-13H2,1H3,(H,26,28)/t20-/m0/s1. The van der Waals surface area contributed by atoms with E-state index in [1.54, 1.807) is 17.9 Å². The van der Waals surface area contributed by atoms with Crippen molar-refractivity contribution in [3.8, 4) is 0 Å². The fourth-order valence-electron chi connectivity index (χ4n) is 4.65. The van der Waals surface area contributed by atoms with Crippen LogP contribution in [0, 0.1) is 0 Å². The molecule has 4 rings (SSSR count). The Morgan fingerprint density at radius 2 is 1.94 bits per heavy atom. The predicted octanol–water partition coefficient (Wildman–Crippen LogP) is 4.11. The molecule has 0 saturated carbocycles. The Balaban J connectivity index is 1.50. The first-order chi connectivity index (χ1) is 15.3. The van der Waals surface area contributed by atoms with Crippen LogP contribution in [0.25, 0.3) is 0 Å². The first kappa shape index (κ1) is 23.0. The highest BCUT2D eigenvalue weighted by Crippen LogP contribution is 2.38. The smallest absolute Gasteiger partial charge is 0.226 e. The Morgan fingerprint density at radius 1 is 1.16 bits per heavy atom. The average molecular weight is 519 g/mol. The summed E-state index contributed by atoms with van der Waals surface area (Å²) in [6.07, 6.45) is 3.64. The van der Waals surface area contributed by atoms with E-state index < -0.39 is 9.84 Å². The van der Waals surface area contributed by atoms with Crippen molar-refractivity contribution >= 4 is 43.3 Å². The summed E-state index contributed by atoms with van der Waals surface area (Å²) in [7, 11) is -3.76. The molecular formula is C24H27BrN2O4S.